The van der Waals surface area contributed by atoms with Crippen LogP contribution in [-0.4, -0.2) is 24.6 Å². The molecule has 0 aliphatic heterocycles. The summed E-state index contributed by atoms with van der Waals surface area (Å²) in [5.41, 5.74) is 2.95. The lowest BCUT2D eigenvalue weighted by Gasteiger charge is -2.16. The van der Waals surface area contributed by atoms with Crippen molar-refractivity contribution in [2.75, 3.05) is 11.9 Å². The van der Waals surface area contributed by atoms with Crippen LogP contribution in [0.25, 0.3) is 6.08 Å². The minimum absolute atomic E-state index is 0.194. The van der Waals surface area contributed by atoms with Crippen molar-refractivity contribution in [2.45, 2.75) is 33.8 Å². The highest BCUT2D eigenvalue weighted by Gasteiger charge is 2.21. The number of carbonyl (C=O) groups excluding carboxylic acids is 2. The standard InChI is InChI=1S/C23H24N2O4/c1-5-28-20-11-9-18(10-12-20)13-19(14-24)23(27)29-17(4)22(26)25-21-15(2)7-6-8-16(21)3/h6-13,17H,5H2,1-4H3,(H,25,26)/b19-13+/t17-/m1/s1. The summed E-state index contributed by atoms with van der Waals surface area (Å²) in [6.45, 7) is 7.66. The predicted octanol–water partition coefficient (Wildman–Crippen LogP) is 4.18. The van der Waals surface area contributed by atoms with Gasteiger partial charge in [0.15, 0.2) is 6.10 Å². The van der Waals surface area contributed by atoms with Gasteiger partial charge in [-0.1, -0.05) is 30.3 Å². The number of rotatable bonds is 7. The average molecular weight is 392 g/mol. The highest BCUT2D eigenvalue weighted by Crippen LogP contribution is 2.20. The van der Waals surface area contributed by atoms with E-state index in [1.165, 1.54) is 13.0 Å². The van der Waals surface area contributed by atoms with Gasteiger partial charge in [-0.2, -0.15) is 5.26 Å². The number of aryl methyl sites for hydroxylation is 2. The Morgan fingerprint density at radius 1 is 1.14 bits per heavy atom. The predicted molar refractivity (Wildman–Crippen MR) is 111 cm³/mol. The highest BCUT2D eigenvalue weighted by atomic mass is 16.5. The van der Waals surface area contributed by atoms with Crippen molar-refractivity contribution in [1.82, 2.24) is 0 Å². The Kier molecular flexibility index (Phi) is 7.55. The number of nitrogens with zero attached hydrogens (tertiary/aromatic N) is 1. The first-order valence-corrected chi connectivity index (χ1v) is 9.28. The second-order valence-corrected chi connectivity index (χ2v) is 6.48. The van der Waals surface area contributed by atoms with Gasteiger partial charge in [0.1, 0.15) is 17.4 Å². The Bertz CT molecular complexity index is 936. The number of nitrogens with one attached hydrogen (secondary N) is 1. The molecule has 0 saturated carbocycles. The lowest BCUT2D eigenvalue weighted by molar-refractivity contribution is -0.148. The first kappa shape index (κ1) is 21.7. The number of benzene rings is 2. The molecule has 0 aliphatic rings. The molecular formula is C23H24N2O4. The van der Waals surface area contributed by atoms with E-state index in [4.69, 9.17) is 9.47 Å². The van der Waals surface area contributed by atoms with E-state index in [1.54, 1.807) is 24.3 Å². The molecule has 1 atom stereocenters. The number of hydrogen-bond donors (Lipinski definition) is 1. The number of hydrogen-bond acceptors (Lipinski definition) is 5. The van der Waals surface area contributed by atoms with E-state index >= 15 is 0 Å². The van der Waals surface area contributed by atoms with Gasteiger partial charge in [0.05, 0.1) is 6.61 Å². The van der Waals surface area contributed by atoms with E-state index < -0.39 is 18.0 Å². The summed E-state index contributed by atoms with van der Waals surface area (Å²) in [5.74, 6) is -0.623. The van der Waals surface area contributed by atoms with Crippen LogP contribution in [0, 0.1) is 25.2 Å². The normalized spacial score (nSPS) is 11.9. The lowest BCUT2D eigenvalue weighted by Crippen LogP contribution is -2.30. The fourth-order valence-corrected chi connectivity index (χ4v) is 2.64. The first-order chi connectivity index (χ1) is 13.8. The van der Waals surface area contributed by atoms with Crippen molar-refractivity contribution >= 4 is 23.6 Å². The molecule has 150 valence electrons. The maximum Gasteiger partial charge on any atom is 0.349 e. The van der Waals surface area contributed by atoms with Crippen molar-refractivity contribution in [3.8, 4) is 11.8 Å². The number of esters is 1. The molecule has 0 aromatic heterocycles. The van der Waals surface area contributed by atoms with Gasteiger partial charge in [0.2, 0.25) is 0 Å². The van der Waals surface area contributed by atoms with Crippen LogP contribution >= 0.6 is 0 Å². The second-order valence-electron chi connectivity index (χ2n) is 6.48. The van der Waals surface area contributed by atoms with Gasteiger partial charge in [-0.3, -0.25) is 4.79 Å². The van der Waals surface area contributed by atoms with Crippen molar-refractivity contribution in [3.05, 3.63) is 64.7 Å². The zero-order valence-electron chi connectivity index (χ0n) is 17.0. The molecular weight excluding hydrogens is 368 g/mol. The lowest BCUT2D eigenvalue weighted by atomic mass is 10.1. The minimum Gasteiger partial charge on any atom is -0.494 e. The molecule has 0 saturated heterocycles. The number of para-hydroxylation sites is 1. The molecule has 2 aromatic rings. The zero-order chi connectivity index (χ0) is 21.4. The third-order valence-electron chi connectivity index (χ3n) is 4.22. The third kappa shape index (κ3) is 5.94. The van der Waals surface area contributed by atoms with Gasteiger partial charge in [-0.05, 0) is 62.6 Å². The van der Waals surface area contributed by atoms with Gasteiger partial charge < -0.3 is 14.8 Å². The van der Waals surface area contributed by atoms with Crippen LogP contribution < -0.4 is 10.1 Å². The molecule has 29 heavy (non-hydrogen) atoms. The third-order valence-corrected chi connectivity index (χ3v) is 4.22. The van der Waals surface area contributed by atoms with Crippen LogP contribution in [0.15, 0.2) is 48.0 Å². The summed E-state index contributed by atoms with van der Waals surface area (Å²) in [6.07, 6.45) is 0.354. The van der Waals surface area contributed by atoms with E-state index in [9.17, 15) is 14.9 Å². The topological polar surface area (TPSA) is 88.4 Å². The van der Waals surface area contributed by atoms with Crippen molar-refractivity contribution in [1.29, 1.82) is 5.26 Å². The van der Waals surface area contributed by atoms with E-state index in [1.807, 2.05) is 45.0 Å². The number of anilines is 1. The van der Waals surface area contributed by atoms with Gasteiger partial charge in [-0.15, -0.1) is 0 Å². The largest absolute Gasteiger partial charge is 0.494 e. The van der Waals surface area contributed by atoms with Gasteiger partial charge in [0.25, 0.3) is 5.91 Å². The molecule has 0 bridgehead atoms. The van der Waals surface area contributed by atoms with Crippen LogP contribution in [0.5, 0.6) is 5.75 Å². The van der Waals surface area contributed by atoms with Crippen LogP contribution in [0.3, 0.4) is 0 Å². The van der Waals surface area contributed by atoms with Gasteiger partial charge in [-0.25, -0.2) is 4.79 Å². The smallest absolute Gasteiger partial charge is 0.349 e. The van der Waals surface area contributed by atoms with Crippen LogP contribution in [0.1, 0.15) is 30.5 Å². The van der Waals surface area contributed by atoms with E-state index in [0.29, 0.717) is 23.6 Å². The second kappa shape index (κ2) is 10.1. The average Bonchev–Trinajstić information content (AvgIpc) is 2.70. The van der Waals surface area contributed by atoms with Gasteiger partial charge >= 0.3 is 5.97 Å². The SMILES string of the molecule is CCOc1ccc(/C=C(\C#N)C(=O)O[C@H](C)C(=O)Nc2c(C)cccc2C)cc1. The van der Waals surface area contributed by atoms with Crippen molar-refractivity contribution in [2.24, 2.45) is 0 Å². The molecule has 0 aliphatic carbocycles. The van der Waals surface area contributed by atoms with E-state index in [-0.39, 0.29) is 5.57 Å². The number of amides is 1. The summed E-state index contributed by atoms with van der Waals surface area (Å²) in [7, 11) is 0. The fraction of sp³-hybridized carbons (Fsp3) is 0.261. The Morgan fingerprint density at radius 2 is 1.76 bits per heavy atom. The number of ether oxygens (including phenoxy) is 2. The molecule has 0 radical (unpaired) electrons. The maximum atomic E-state index is 12.4. The molecule has 2 aromatic carbocycles. The minimum atomic E-state index is -1.06. The molecule has 6 nitrogen and oxygen atoms in total. The summed E-state index contributed by atoms with van der Waals surface area (Å²) in [5, 5.41) is 12.1. The summed E-state index contributed by atoms with van der Waals surface area (Å²) in [4.78, 5) is 24.7. The van der Waals surface area contributed by atoms with Crippen LogP contribution in [-0.2, 0) is 14.3 Å². The zero-order valence-corrected chi connectivity index (χ0v) is 17.0. The molecule has 0 spiro atoms. The quantitative estimate of drug-likeness (QED) is 0.434. The molecule has 1 amide bonds. The van der Waals surface area contributed by atoms with Crippen LogP contribution in [0.4, 0.5) is 5.69 Å². The summed E-state index contributed by atoms with van der Waals surface area (Å²) >= 11 is 0. The first-order valence-electron chi connectivity index (χ1n) is 9.28. The maximum absolute atomic E-state index is 12.4. The Balaban J connectivity index is 2.06. The Labute approximate surface area is 170 Å². The monoisotopic (exact) mass is 392 g/mol. The van der Waals surface area contributed by atoms with E-state index in [2.05, 4.69) is 5.32 Å². The van der Waals surface area contributed by atoms with E-state index in [0.717, 1.165) is 11.1 Å². The molecule has 0 unspecified atom stereocenters. The Morgan fingerprint density at radius 3 is 2.31 bits per heavy atom. The molecule has 6 heteroatoms. The fourth-order valence-electron chi connectivity index (χ4n) is 2.64. The molecule has 2 rings (SSSR count). The summed E-state index contributed by atoms with van der Waals surface area (Å²) < 4.78 is 10.5. The number of carbonyl (C=O) groups is 2. The molecule has 0 heterocycles. The molecule has 0 fully saturated rings. The van der Waals surface area contributed by atoms with Crippen molar-refractivity contribution in [3.63, 3.8) is 0 Å². The number of nitriles is 1. The van der Waals surface area contributed by atoms with Crippen molar-refractivity contribution < 1.29 is 19.1 Å². The molecule has 1 N–H and O–H groups in total. The van der Waals surface area contributed by atoms with Gasteiger partial charge in [0, 0.05) is 5.69 Å². The van der Waals surface area contributed by atoms with Crippen LogP contribution in [0.2, 0.25) is 0 Å². The highest BCUT2D eigenvalue weighted by molar-refractivity contribution is 6.01. The summed E-state index contributed by atoms with van der Waals surface area (Å²) in [6, 6.07) is 14.4. The Hall–Kier alpha value is -3.59.